The lowest BCUT2D eigenvalue weighted by Gasteiger charge is -2.18. The second kappa shape index (κ2) is 6.74. The van der Waals surface area contributed by atoms with Gasteiger partial charge in [-0.25, -0.2) is 4.98 Å². The van der Waals surface area contributed by atoms with Gasteiger partial charge >= 0.3 is 0 Å². The Kier molecular flexibility index (Phi) is 4.81. The fourth-order valence-electron chi connectivity index (χ4n) is 2.96. The van der Waals surface area contributed by atoms with Crippen LogP contribution in [0.5, 0.6) is 0 Å². The molecule has 1 saturated heterocycles. The number of aliphatic hydroxyl groups is 2. The van der Waals surface area contributed by atoms with Gasteiger partial charge in [-0.15, -0.1) is 0 Å². The molecular formula is C16H25N5O4. The lowest BCUT2D eigenvalue weighted by molar-refractivity contribution is -0.0492. The zero-order valence-corrected chi connectivity index (χ0v) is 14.8. The molecule has 3 heterocycles. The van der Waals surface area contributed by atoms with Crippen molar-refractivity contribution in [2.24, 2.45) is 11.8 Å². The molecule has 0 amide bonds. The van der Waals surface area contributed by atoms with Gasteiger partial charge in [0.2, 0.25) is 5.95 Å². The third-order valence-electron chi connectivity index (χ3n) is 4.32. The van der Waals surface area contributed by atoms with E-state index in [2.05, 4.69) is 20.3 Å². The van der Waals surface area contributed by atoms with Gasteiger partial charge in [-0.2, -0.15) is 4.98 Å². The highest BCUT2D eigenvalue weighted by atomic mass is 16.6. The fourth-order valence-corrected chi connectivity index (χ4v) is 2.96. The molecule has 4 atom stereocenters. The number of rotatable bonds is 5. The predicted molar refractivity (Wildman–Crippen MR) is 92.2 cm³/mol. The van der Waals surface area contributed by atoms with Crippen molar-refractivity contribution >= 4 is 17.1 Å². The number of aromatic amines is 1. The first-order valence-corrected chi connectivity index (χ1v) is 8.52. The Labute approximate surface area is 145 Å². The van der Waals surface area contributed by atoms with Gasteiger partial charge in [0.05, 0.1) is 12.4 Å². The highest BCUT2D eigenvalue weighted by molar-refractivity contribution is 5.70. The lowest BCUT2D eigenvalue weighted by atomic mass is 10.0. The van der Waals surface area contributed by atoms with Crippen molar-refractivity contribution < 1.29 is 14.9 Å². The summed E-state index contributed by atoms with van der Waals surface area (Å²) in [5.74, 6) is 0.748. The number of H-pyrrole nitrogens is 1. The molecule has 0 radical (unpaired) electrons. The van der Waals surface area contributed by atoms with Crippen LogP contribution in [0.2, 0.25) is 0 Å². The number of fused-ring (bicyclic) bond motifs is 1. The van der Waals surface area contributed by atoms with Crippen LogP contribution in [0.4, 0.5) is 5.95 Å². The number of ether oxygens (including phenoxy) is 1. The Morgan fingerprint density at radius 1 is 1.32 bits per heavy atom. The summed E-state index contributed by atoms with van der Waals surface area (Å²) in [7, 11) is 0. The molecule has 2 aromatic rings. The summed E-state index contributed by atoms with van der Waals surface area (Å²) in [5.41, 5.74) is 0.0903. The van der Waals surface area contributed by atoms with E-state index in [-0.39, 0.29) is 17.0 Å². The summed E-state index contributed by atoms with van der Waals surface area (Å²) < 4.78 is 7.33. The van der Waals surface area contributed by atoms with E-state index in [1.165, 1.54) is 10.9 Å². The van der Waals surface area contributed by atoms with E-state index in [9.17, 15) is 15.0 Å². The monoisotopic (exact) mass is 351 g/mol. The number of nitrogens with zero attached hydrogens (tertiary/aromatic N) is 3. The zero-order valence-electron chi connectivity index (χ0n) is 14.8. The normalized spacial score (nSPS) is 26.9. The van der Waals surface area contributed by atoms with Crippen LogP contribution < -0.4 is 10.9 Å². The van der Waals surface area contributed by atoms with Crippen LogP contribution in [0.15, 0.2) is 11.1 Å². The SMILES string of the molecule is CC(C)CNc1nc2c(ncn2[C@@H]2O[C@H](C(C)C)[C@H](O)C2O)c(=O)[nH]1. The molecule has 1 aliphatic rings. The first-order chi connectivity index (χ1) is 11.8. The zero-order chi connectivity index (χ0) is 18.3. The molecular weight excluding hydrogens is 326 g/mol. The largest absolute Gasteiger partial charge is 0.388 e. The summed E-state index contributed by atoms with van der Waals surface area (Å²) >= 11 is 0. The van der Waals surface area contributed by atoms with E-state index in [1.807, 2.05) is 27.7 Å². The molecule has 0 bridgehead atoms. The lowest BCUT2D eigenvalue weighted by Crippen LogP contribution is -2.34. The third kappa shape index (κ3) is 3.26. The predicted octanol–water partition coefficient (Wildman–Crippen LogP) is 0.463. The molecule has 138 valence electrons. The molecule has 0 saturated carbocycles. The number of imidazole rings is 1. The number of anilines is 1. The van der Waals surface area contributed by atoms with Crippen molar-refractivity contribution in [1.29, 1.82) is 0 Å². The molecule has 0 spiro atoms. The van der Waals surface area contributed by atoms with E-state index in [0.717, 1.165) is 0 Å². The minimum Gasteiger partial charge on any atom is -0.388 e. The fraction of sp³-hybridized carbons (Fsp3) is 0.688. The highest BCUT2D eigenvalue weighted by Crippen LogP contribution is 2.34. The Hall–Kier alpha value is -1.97. The van der Waals surface area contributed by atoms with Gasteiger partial charge in [-0.3, -0.25) is 14.3 Å². The van der Waals surface area contributed by atoms with Crippen molar-refractivity contribution in [3.8, 4) is 0 Å². The second-order valence-corrected chi connectivity index (χ2v) is 7.23. The van der Waals surface area contributed by atoms with E-state index in [4.69, 9.17) is 4.74 Å². The Bertz CT molecular complexity index is 799. The molecule has 1 fully saturated rings. The van der Waals surface area contributed by atoms with Crippen molar-refractivity contribution in [2.75, 3.05) is 11.9 Å². The maximum absolute atomic E-state index is 12.2. The number of hydrogen-bond donors (Lipinski definition) is 4. The molecule has 2 aromatic heterocycles. The quantitative estimate of drug-likeness (QED) is 0.617. The van der Waals surface area contributed by atoms with Gasteiger partial charge in [-0.1, -0.05) is 27.7 Å². The summed E-state index contributed by atoms with van der Waals surface area (Å²) in [5, 5.41) is 23.7. The topological polar surface area (TPSA) is 125 Å². The minimum atomic E-state index is -1.13. The van der Waals surface area contributed by atoms with Crippen molar-refractivity contribution in [3.05, 3.63) is 16.7 Å². The molecule has 9 nitrogen and oxygen atoms in total. The summed E-state index contributed by atoms with van der Waals surface area (Å²) in [6.07, 6.45) is -2.08. The molecule has 1 unspecified atom stereocenters. The first kappa shape index (κ1) is 17.8. The van der Waals surface area contributed by atoms with Crippen molar-refractivity contribution in [3.63, 3.8) is 0 Å². The summed E-state index contributed by atoms with van der Waals surface area (Å²) in [6.45, 7) is 8.56. The molecule has 0 aliphatic carbocycles. The van der Waals surface area contributed by atoms with Gasteiger partial charge in [0.1, 0.15) is 12.2 Å². The number of nitrogens with one attached hydrogen (secondary N) is 2. The Morgan fingerprint density at radius 3 is 2.64 bits per heavy atom. The smallest absolute Gasteiger partial charge is 0.280 e. The maximum atomic E-state index is 12.2. The number of aromatic nitrogens is 4. The van der Waals surface area contributed by atoms with Crippen LogP contribution in [0, 0.1) is 11.8 Å². The standard InChI is InChI=1S/C16H25N5O4/c1-7(2)5-17-16-19-13-9(14(24)20-16)18-6-21(13)15-11(23)10(22)12(25-15)8(3)4/h6-8,10-12,15,22-23H,5H2,1-4H3,(H2,17,19,20,24)/t10-,11?,12-,15-/m1/s1. The van der Waals surface area contributed by atoms with E-state index in [1.54, 1.807) is 0 Å². The van der Waals surface area contributed by atoms with Gasteiger partial charge in [0.25, 0.3) is 5.56 Å². The molecule has 3 rings (SSSR count). The highest BCUT2D eigenvalue weighted by Gasteiger charge is 2.45. The van der Waals surface area contributed by atoms with Crippen LogP contribution in [0.25, 0.3) is 11.2 Å². The van der Waals surface area contributed by atoms with Gasteiger partial charge in [-0.05, 0) is 11.8 Å². The van der Waals surface area contributed by atoms with Crippen LogP contribution in [0.3, 0.4) is 0 Å². The van der Waals surface area contributed by atoms with Crippen molar-refractivity contribution in [1.82, 2.24) is 19.5 Å². The van der Waals surface area contributed by atoms with Gasteiger partial charge in [0, 0.05) is 6.54 Å². The molecule has 1 aliphatic heterocycles. The molecule has 25 heavy (non-hydrogen) atoms. The van der Waals surface area contributed by atoms with Crippen LogP contribution >= 0.6 is 0 Å². The van der Waals surface area contributed by atoms with E-state index < -0.39 is 24.5 Å². The van der Waals surface area contributed by atoms with Crippen LogP contribution in [-0.2, 0) is 4.74 Å². The van der Waals surface area contributed by atoms with Crippen molar-refractivity contribution in [2.45, 2.75) is 52.2 Å². The summed E-state index contributed by atoms with van der Waals surface area (Å²) in [6, 6.07) is 0. The van der Waals surface area contributed by atoms with Gasteiger partial charge in [0.15, 0.2) is 17.4 Å². The molecule has 0 aromatic carbocycles. The Morgan fingerprint density at radius 2 is 2.04 bits per heavy atom. The van der Waals surface area contributed by atoms with Crippen LogP contribution in [-0.4, -0.2) is 54.6 Å². The minimum absolute atomic E-state index is 0.0315. The molecule has 9 heteroatoms. The van der Waals surface area contributed by atoms with E-state index in [0.29, 0.717) is 24.1 Å². The van der Waals surface area contributed by atoms with Crippen LogP contribution in [0.1, 0.15) is 33.9 Å². The molecule has 4 N–H and O–H groups in total. The van der Waals surface area contributed by atoms with Gasteiger partial charge < -0.3 is 20.3 Å². The third-order valence-corrected chi connectivity index (χ3v) is 4.32. The van der Waals surface area contributed by atoms with E-state index >= 15 is 0 Å². The average molecular weight is 351 g/mol. The maximum Gasteiger partial charge on any atom is 0.280 e. The number of aliphatic hydroxyl groups excluding tert-OH is 2. The summed E-state index contributed by atoms with van der Waals surface area (Å²) in [4.78, 5) is 23.4. The Balaban J connectivity index is 1.98. The first-order valence-electron chi connectivity index (χ1n) is 8.52. The number of hydrogen-bond acceptors (Lipinski definition) is 7. The second-order valence-electron chi connectivity index (χ2n) is 7.23. The average Bonchev–Trinajstić information content (AvgIpc) is 3.08.